The molecule has 2 fully saturated rings. The maximum absolute atomic E-state index is 14.6. The van der Waals surface area contributed by atoms with Crippen molar-refractivity contribution in [2.24, 2.45) is 5.92 Å². The molecule has 0 bridgehead atoms. The molecule has 8 heteroatoms. The predicted octanol–water partition coefficient (Wildman–Crippen LogP) is 3.13. The third-order valence-corrected chi connectivity index (χ3v) is 6.02. The number of likely N-dealkylation sites (tertiary alicyclic amines) is 1. The fourth-order valence-electron chi connectivity index (χ4n) is 4.23. The molecule has 0 atom stereocenters. The van der Waals surface area contributed by atoms with E-state index in [4.69, 9.17) is 0 Å². The van der Waals surface area contributed by atoms with E-state index in [1.165, 1.54) is 6.07 Å². The van der Waals surface area contributed by atoms with Crippen molar-refractivity contribution in [3.8, 4) is 0 Å². The van der Waals surface area contributed by atoms with Gasteiger partial charge in [0.25, 0.3) is 5.91 Å². The molecular formula is C22H28FN5O2. The highest BCUT2D eigenvalue weighted by Crippen LogP contribution is 2.26. The molecule has 0 unspecified atom stereocenters. The standard InChI is InChI=1S/C22H28FN5O2/c1-2-28-15-18(14-24-28)25-21(29)16-7-11-27(12-8-16)22(30)17-5-6-20(19(23)13-17)26-9-3-4-10-26/h5-6,13-16H,2-4,7-12H2,1H3,(H,25,29). The first-order valence-electron chi connectivity index (χ1n) is 10.7. The Labute approximate surface area is 175 Å². The van der Waals surface area contributed by atoms with Crippen LogP contribution in [0, 0.1) is 11.7 Å². The third kappa shape index (κ3) is 4.32. The zero-order valence-electron chi connectivity index (χ0n) is 17.3. The van der Waals surface area contributed by atoms with Crippen LogP contribution < -0.4 is 10.2 Å². The number of benzene rings is 1. The first-order valence-corrected chi connectivity index (χ1v) is 10.7. The second-order valence-electron chi connectivity index (χ2n) is 8.00. The molecule has 0 aliphatic carbocycles. The Morgan fingerprint density at radius 2 is 1.90 bits per heavy atom. The van der Waals surface area contributed by atoms with E-state index >= 15 is 0 Å². The number of halogens is 1. The molecule has 1 N–H and O–H groups in total. The van der Waals surface area contributed by atoms with Gasteiger partial charge in [-0.25, -0.2) is 4.39 Å². The molecule has 0 spiro atoms. The lowest BCUT2D eigenvalue weighted by molar-refractivity contribution is -0.121. The van der Waals surface area contributed by atoms with E-state index in [1.807, 2.05) is 11.8 Å². The average Bonchev–Trinajstić information content (AvgIpc) is 3.45. The Hall–Kier alpha value is -2.90. The van der Waals surface area contributed by atoms with Crippen molar-refractivity contribution in [1.82, 2.24) is 14.7 Å². The number of hydrogen-bond acceptors (Lipinski definition) is 4. The highest BCUT2D eigenvalue weighted by atomic mass is 19.1. The van der Waals surface area contributed by atoms with Gasteiger partial charge in [-0.3, -0.25) is 14.3 Å². The topological polar surface area (TPSA) is 70.5 Å². The maximum atomic E-state index is 14.6. The van der Waals surface area contributed by atoms with Gasteiger partial charge in [0.1, 0.15) is 5.82 Å². The fourth-order valence-corrected chi connectivity index (χ4v) is 4.23. The van der Waals surface area contributed by atoms with Gasteiger partial charge >= 0.3 is 0 Å². The SMILES string of the molecule is CCn1cc(NC(=O)C2CCN(C(=O)c3ccc(N4CCCC4)c(F)c3)CC2)cn1. The summed E-state index contributed by atoms with van der Waals surface area (Å²) in [5.74, 6) is -0.707. The molecule has 0 saturated carbocycles. The van der Waals surface area contributed by atoms with Crippen molar-refractivity contribution in [2.45, 2.75) is 39.2 Å². The highest BCUT2D eigenvalue weighted by molar-refractivity contribution is 5.95. The Morgan fingerprint density at radius 3 is 2.53 bits per heavy atom. The van der Waals surface area contributed by atoms with Gasteiger partial charge in [0, 0.05) is 50.4 Å². The number of aromatic nitrogens is 2. The van der Waals surface area contributed by atoms with Crippen LogP contribution in [-0.2, 0) is 11.3 Å². The van der Waals surface area contributed by atoms with Gasteiger partial charge in [-0.1, -0.05) is 0 Å². The van der Waals surface area contributed by atoms with Crippen LogP contribution in [0.5, 0.6) is 0 Å². The van der Waals surface area contributed by atoms with Crippen LogP contribution in [0.1, 0.15) is 43.0 Å². The maximum Gasteiger partial charge on any atom is 0.253 e. The summed E-state index contributed by atoms with van der Waals surface area (Å²) in [7, 11) is 0. The lowest BCUT2D eigenvalue weighted by Gasteiger charge is -2.31. The number of nitrogens with one attached hydrogen (secondary N) is 1. The second kappa shape index (κ2) is 8.85. The Morgan fingerprint density at radius 1 is 1.17 bits per heavy atom. The number of aryl methyl sites for hydroxylation is 1. The van der Waals surface area contributed by atoms with Gasteiger partial charge in [0.05, 0.1) is 17.6 Å². The predicted molar refractivity (Wildman–Crippen MR) is 113 cm³/mol. The number of rotatable bonds is 5. The van der Waals surface area contributed by atoms with Crippen molar-refractivity contribution in [3.05, 3.63) is 42.0 Å². The van der Waals surface area contributed by atoms with Crippen LogP contribution in [0.3, 0.4) is 0 Å². The van der Waals surface area contributed by atoms with Gasteiger partial charge in [-0.15, -0.1) is 0 Å². The van der Waals surface area contributed by atoms with Gasteiger partial charge in [-0.2, -0.15) is 5.10 Å². The number of carbonyl (C=O) groups excluding carboxylic acids is 2. The van der Waals surface area contributed by atoms with E-state index in [0.29, 0.717) is 42.9 Å². The molecule has 30 heavy (non-hydrogen) atoms. The van der Waals surface area contributed by atoms with Crippen molar-refractivity contribution < 1.29 is 14.0 Å². The van der Waals surface area contributed by atoms with Crippen LogP contribution in [0.25, 0.3) is 0 Å². The van der Waals surface area contributed by atoms with Gasteiger partial charge < -0.3 is 15.1 Å². The largest absolute Gasteiger partial charge is 0.369 e. The van der Waals surface area contributed by atoms with E-state index in [2.05, 4.69) is 10.4 Å². The van der Waals surface area contributed by atoms with Crippen molar-refractivity contribution in [2.75, 3.05) is 36.4 Å². The summed E-state index contributed by atoms with van der Waals surface area (Å²) in [6, 6.07) is 4.77. The Balaban J connectivity index is 1.32. The third-order valence-electron chi connectivity index (χ3n) is 6.02. The lowest BCUT2D eigenvalue weighted by Crippen LogP contribution is -2.41. The summed E-state index contributed by atoms with van der Waals surface area (Å²) in [4.78, 5) is 29.1. The Kier molecular flexibility index (Phi) is 6.01. The molecule has 1 aromatic carbocycles. The van der Waals surface area contributed by atoms with Gasteiger partial charge in [0.15, 0.2) is 0 Å². The summed E-state index contributed by atoms with van der Waals surface area (Å²) in [6.45, 7) is 5.42. The van der Waals surface area contributed by atoms with Crippen molar-refractivity contribution >= 4 is 23.2 Å². The molecule has 2 amide bonds. The molecule has 160 valence electrons. The first-order chi connectivity index (χ1) is 14.5. The fraction of sp³-hybridized carbons (Fsp3) is 0.500. The molecule has 2 aliphatic heterocycles. The van der Waals surface area contributed by atoms with Crippen LogP contribution in [0.15, 0.2) is 30.6 Å². The second-order valence-corrected chi connectivity index (χ2v) is 8.00. The molecule has 0 radical (unpaired) electrons. The number of nitrogens with zero attached hydrogens (tertiary/aromatic N) is 4. The minimum absolute atomic E-state index is 0.0428. The quantitative estimate of drug-likeness (QED) is 0.818. The summed E-state index contributed by atoms with van der Waals surface area (Å²) in [6.07, 6.45) is 6.77. The van der Waals surface area contributed by atoms with Gasteiger partial charge in [-0.05, 0) is 50.8 Å². The van der Waals surface area contributed by atoms with Crippen molar-refractivity contribution in [1.29, 1.82) is 0 Å². The monoisotopic (exact) mass is 413 g/mol. The summed E-state index contributed by atoms with van der Waals surface area (Å²) in [5.41, 5.74) is 1.63. The normalized spacial score (nSPS) is 17.4. The van der Waals surface area contributed by atoms with Crippen LogP contribution >= 0.6 is 0 Å². The molecular weight excluding hydrogens is 385 g/mol. The van der Waals surface area contributed by atoms with E-state index in [-0.39, 0.29) is 23.5 Å². The number of amides is 2. The minimum Gasteiger partial charge on any atom is -0.369 e. The molecule has 3 heterocycles. The summed E-state index contributed by atoms with van der Waals surface area (Å²) in [5, 5.41) is 7.06. The van der Waals surface area contributed by atoms with E-state index < -0.39 is 0 Å². The van der Waals surface area contributed by atoms with E-state index in [9.17, 15) is 14.0 Å². The molecule has 7 nitrogen and oxygen atoms in total. The minimum atomic E-state index is -0.343. The summed E-state index contributed by atoms with van der Waals surface area (Å²) >= 11 is 0. The number of piperidine rings is 1. The summed E-state index contributed by atoms with van der Waals surface area (Å²) < 4.78 is 16.3. The molecule has 1 aromatic heterocycles. The molecule has 2 aliphatic rings. The molecule has 4 rings (SSSR count). The zero-order valence-corrected chi connectivity index (χ0v) is 17.3. The van der Waals surface area contributed by atoms with Crippen LogP contribution in [0.4, 0.5) is 15.8 Å². The van der Waals surface area contributed by atoms with Gasteiger partial charge in [0.2, 0.25) is 5.91 Å². The van der Waals surface area contributed by atoms with Crippen LogP contribution in [-0.4, -0.2) is 52.7 Å². The molecule has 2 aromatic rings. The zero-order chi connectivity index (χ0) is 21.1. The highest BCUT2D eigenvalue weighted by Gasteiger charge is 2.28. The first kappa shape index (κ1) is 20.4. The number of carbonyl (C=O) groups is 2. The smallest absolute Gasteiger partial charge is 0.253 e. The number of anilines is 2. The lowest BCUT2D eigenvalue weighted by atomic mass is 9.95. The average molecular weight is 413 g/mol. The van der Waals surface area contributed by atoms with E-state index in [1.54, 1.807) is 34.1 Å². The van der Waals surface area contributed by atoms with Crippen LogP contribution in [0.2, 0.25) is 0 Å². The number of hydrogen-bond donors (Lipinski definition) is 1. The Bertz CT molecular complexity index is 914. The van der Waals surface area contributed by atoms with Crippen molar-refractivity contribution in [3.63, 3.8) is 0 Å². The molecule has 2 saturated heterocycles. The van der Waals surface area contributed by atoms with E-state index in [0.717, 1.165) is 32.5 Å².